The number of hydrogen-bond donors (Lipinski definition) is 3. The molecule has 0 aromatic rings. The summed E-state index contributed by atoms with van der Waals surface area (Å²) >= 11 is 8.22. The Morgan fingerprint density at radius 3 is 2.07 bits per heavy atom. The minimum atomic E-state index is -0.671. The summed E-state index contributed by atoms with van der Waals surface area (Å²) in [6.07, 6.45) is 1.48. The van der Waals surface area contributed by atoms with Crippen LogP contribution in [0.4, 0.5) is 0 Å². The molecule has 3 nitrogen and oxygen atoms in total. The van der Waals surface area contributed by atoms with Crippen LogP contribution >= 0.6 is 25.3 Å². The van der Waals surface area contributed by atoms with Gasteiger partial charge >= 0.3 is 29.6 Å². The number of hydrogen-bond acceptors (Lipinski definition) is 4. The standard InChI is InChI=1S/C9H17NO2S2.Na.H/c1-5(3-4-7(13)14)8(6(2)11)9(10)12;;/h5,7-8,13-14H,3-4H2,1-2H3,(H2,10,12);;/q;+1;-1. The third-order valence-electron chi connectivity index (χ3n) is 2.19. The summed E-state index contributed by atoms with van der Waals surface area (Å²) in [7, 11) is 0. The van der Waals surface area contributed by atoms with Gasteiger partial charge in [0.1, 0.15) is 5.78 Å². The van der Waals surface area contributed by atoms with E-state index in [1.165, 1.54) is 6.92 Å². The molecule has 0 heterocycles. The van der Waals surface area contributed by atoms with Crippen molar-refractivity contribution in [3.8, 4) is 0 Å². The number of thiol groups is 2. The van der Waals surface area contributed by atoms with E-state index in [4.69, 9.17) is 5.73 Å². The van der Waals surface area contributed by atoms with Crippen molar-refractivity contribution in [3.05, 3.63) is 0 Å². The van der Waals surface area contributed by atoms with Crippen molar-refractivity contribution >= 4 is 36.9 Å². The minimum Gasteiger partial charge on any atom is -1.00 e. The molecule has 0 saturated heterocycles. The number of rotatable bonds is 6. The maximum Gasteiger partial charge on any atom is 1.00 e. The van der Waals surface area contributed by atoms with Gasteiger partial charge < -0.3 is 7.16 Å². The Hall–Kier alpha value is 0.840. The average molecular weight is 259 g/mol. The van der Waals surface area contributed by atoms with Gasteiger partial charge in [-0.25, -0.2) is 0 Å². The quantitative estimate of drug-likeness (QED) is 0.233. The molecule has 0 aliphatic rings. The van der Waals surface area contributed by atoms with Crippen LogP contribution in [0.1, 0.15) is 28.1 Å². The van der Waals surface area contributed by atoms with Gasteiger partial charge in [-0.2, -0.15) is 25.3 Å². The van der Waals surface area contributed by atoms with Gasteiger partial charge in [0.15, 0.2) is 0 Å². The number of carbonyl (C=O) groups is 2. The van der Waals surface area contributed by atoms with E-state index < -0.39 is 11.8 Å². The Morgan fingerprint density at radius 1 is 1.33 bits per heavy atom. The molecular weight excluding hydrogens is 241 g/mol. The van der Waals surface area contributed by atoms with Gasteiger partial charge in [0, 0.05) is 4.58 Å². The zero-order valence-electron chi connectivity index (χ0n) is 10.4. The van der Waals surface area contributed by atoms with Crippen molar-refractivity contribution in [2.24, 2.45) is 17.6 Å². The fraction of sp³-hybridized carbons (Fsp3) is 0.778. The monoisotopic (exact) mass is 259 g/mol. The van der Waals surface area contributed by atoms with Gasteiger partial charge in [0.2, 0.25) is 5.91 Å². The Morgan fingerprint density at radius 2 is 1.80 bits per heavy atom. The number of Topliss-reactive ketones (excluding diaryl/α,β-unsaturated/α-hetero) is 1. The van der Waals surface area contributed by atoms with Crippen LogP contribution in [-0.2, 0) is 9.59 Å². The van der Waals surface area contributed by atoms with Gasteiger partial charge in [-0.05, 0) is 25.7 Å². The molecule has 0 bridgehead atoms. The number of primary amides is 1. The predicted molar refractivity (Wildman–Crippen MR) is 64.6 cm³/mol. The molecule has 6 heteroatoms. The molecule has 0 rings (SSSR count). The van der Waals surface area contributed by atoms with Crippen LogP contribution in [0.3, 0.4) is 0 Å². The molecule has 0 saturated carbocycles. The average Bonchev–Trinajstić information content (AvgIpc) is 1.99. The normalized spacial score (nSPS) is 14.2. The Balaban J connectivity index is -0.000000845. The van der Waals surface area contributed by atoms with Crippen molar-refractivity contribution in [2.75, 3.05) is 0 Å². The van der Waals surface area contributed by atoms with E-state index in [2.05, 4.69) is 25.3 Å². The SMILES string of the molecule is CC(=O)C(C(N)=O)C(C)CCC(S)S.[H-].[Na+]. The van der Waals surface area contributed by atoms with Crippen LogP contribution in [0.5, 0.6) is 0 Å². The summed E-state index contributed by atoms with van der Waals surface area (Å²) in [5, 5.41) is 0. The van der Waals surface area contributed by atoms with E-state index >= 15 is 0 Å². The van der Waals surface area contributed by atoms with Crippen LogP contribution in [0.2, 0.25) is 0 Å². The first-order valence-electron chi connectivity index (χ1n) is 4.52. The molecule has 0 radical (unpaired) electrons. The summed E-state index contributed by atoms with van der Waals surface area (Å²) in [6.45, 7) is 3.24. The van der Waals surface area contributed by atoms with Gasteiger partial charge in [0.25, 0.3) is 0 Å². The van der Waals surface area contributed by atoms with E-state index in [9.17, 15) is 9.59 Å². The van der Waals surface area contributed by atoms with Crippen LogP contribution < -0.4 is 35.3 Å². The van der Waals surface area contributed by atoms with Crippen molar-refractivity contribution in [3.63, 3.8) is 0 Å². The minimum absolute atomic E-state index is 0. The first kappa shape index (κ1) is 18.2. The van der Waals surface area contributed by atoms with Crippen LogP contribution in [-0.4, -0.2) is 16.3 Å². The third kappa shape index (κ3) is 7.69. The molecule has 84 valence electrons. The topological polar surface area (TPSA) is 60.2 Å². The summed E-state index contributed by atoms with van der Waals surface area (Å²) < 4.78 is -0.0158. The second kappa shape index (κ2) is 8.93. The fourth-order valence-corrected chi connectivity index (χ4v) is 1.76. The fourth-order valence-electron chi connectivity index (χ4n) is 1.46. The molecule has 2 atom stereocenters. The molecule has 1 amide bonds. The zero-order valence-corrected chi connectivity index (χ0v) is 13.2. The molecule has 0 fully saturated rings. The summed E-state index contributed by atoms with van der Waals surface area (Å²) in [4.78, 5) is 22.1. The van der Waals surface area contributed by atoms with Crippen molar-refractivity contribution in [1.29, 1.82) is 0 Å². The number of nitrogens with two attached hydrogens (primary N) is 1. The number of carbonyl (C=O) groups excluding carboxylic acids is 2. The van der Waals surface area contributed by atoms with E-state index in [0.717, 1.165) is 12.8 Å². The maximum absolute atomic E-state index is 11.1. The van der Waals surface area contributed by atoms with Gasteiger partial charge in [0.05, 0.1) is 5.92 Å². The number of amides is 1. The number of ketones is 1. The van der Waals surface area contributed by atoms with Crippen molar-refractivity contribution < 1.29 is 40.6 Å². The van der Waals surface area contributed by atoms with Crippen LogP contribution in [0.15, 0.2) is 0 Å². The summed E-state index contributed by atoms with van der Waals surface area (Å²) in [6, 6.07) is 0. The zero-order chi connectivity index (χ0) is 11.3. The molecule has 0 aliphatic heterocycles. The molecule has 0 spiro atoms. The summed E-state index contributed by atoms with van der Waals surface area (Å²) in [5.74, 6) is -1.41. The second-order valence-electron chi connectivity index (χ2n) is 3.53. The van der Waals surface area contributed by atoms with Crippen LogP contribution in [0, 0.1) is 11.8 Å². The maximum atomic E-state index is 11.1. The molecule has 2 N–H and O–H groups in total. The first-order valence-corrected chi connectivity index (χ1v) is 5.55. The summed E-state index contributed by atoms with van der Waals surface area (Å²) in [5.41, 5.74) is 5.15. The van der Waals surface area contributed by atoms with Gasteiger partial charge in [-0.1, -0.05) is 6.92 Å². The molecule has 0 aromatic heterocycles. The van der Waals surface area contributed by atoms with Gasteiger partial charge in [-0.3, -0.25) is 9.59 Å². The predicted octanol–water partition coefficient (Wildman–Crippen LogP) is -1.60. The van der Waals surface area contributed by atoms with E-state index in [1.807, 2.05) is 6.92 Å². The first-order chi connectivity index (χ1) is 6.36. The van der Waals surface area contributed by atoms with E-state index in [-0.39, 0.29) is 47.3 Å². The second-order valence-corrected chi connectivity index (χ2v) is 5.18. The third-order valence-corrected chi connectivity index (χ3v) is 2.71. The molecular formula is C9H18NNaO2S2. The van der Waals surface area contributed by atoms with Crippen molar-refractivity contribution in [1.82, 2.24) is 0 Å². The largest absolute Gasteiger partial charge is 1.00 e. The Labute approximate surface area is 126 Å². The van der Waals surface area contributed by atoms with Crippen LogP contribution in [0.25, 0.3) is 0 Å². The van der Waals surface area contributed by atoms with E-state index in [1.54, 1.807) is 0 Å². The molecule has 0 aromatic carbocycles. The molecule has 15 heavy (non-hydrogen) atoms. The Bertz CT molecular complexity index is 216. The van der Waals surface area contributed by atoms with Crippen molar-refractivity contribution in [2.45, 2.75) is 31.3 Å². The Kier molecular flexibility index (Phi) is 10.8. The smallest absolute Gasteiger partial charge is 1.00 e. The molecule has 2 unspecified atom stereocenters. The van der Waals surface area contributed by atoms with Gasteiger partial charge in [-0.15, -0.1) is 0 Å². The van der Waals surface area contributed by atoms with E-state index in [0.29, 0.717) is 0 Å². The molecule has 0 aliphatic carbocycles.